The molecule has 1 heterocycles. The minimum atomic E-state index is 0.496. The highest BCUT2D eigenvalue weighted by atomic mass is 35.5. The molecule has 6 heteroatoms. The summed E-state index contributed by atoms with van der Waals surface area (Å²) in [5.41, 5.74) is 2.07. The summed E-state index contributed by atoms with van der Waals surface area (Å²) in [6.45, 7) is 2.53. The normalized spacial score (nSPS) is 10.8. The lowest BCUT2D eigenvalue weighted by atomic mass is 10.2. The molecule has 21 heavy (non-hydrogen) atoms. The van der Waals surface area contributed by atoms with Crippen LogP contribution in [-0.4, -0.2) is 20.3 Å². The first kappa shape index (κ1) is 16.6. The lowest BCUT2D eigenvalue weighted by Crippen LogP contribution is -2.19. The Morgan fingerprint density at radius 2 is 2.14 bits per heavy atom. The van der Waals surface area contributed by atoms with Crippen LogP contribution in [0.5, 0.6) is 5.75 Å². The van der Waals surface area contributed by atoms with Crippen LogP contribution in [0.15, 0.2) is 29.0 Å². The first-order valence-corrected chi connectivity index (χ1v) is 8.22. The second-order valence-corrected chi connectivity index (χ2v) is 6.09. The lowest BCUT2D eigenvalue weighted by Gasteiger charge is -2.14. The van der Waals surface area contributed by atoms with Crippen molar-refractivity contribution >= 4 is 34.5 Å². The van der Waals surface area contributed by atoms with Crippen LogP contribution in [-0.2, 0) is 17.9 Å². The monoisotopic (exact) mass is 345 g/mol. The maximum atomic E-state index is 6.26. The van der Waals surface area contributed by atoms with Gasteiger partial charge in [-0.15, -0.1) is 0 Å². The molecule has 0 aliphatic carbocycles. The number of rotatable bonds is 8. The van der Waals surface area contributed by atoms with E-state index < -0.39 is 0 Å². The molecule has 0 fully saturated rings. The van der Waals surface area contributed by atoms with E-state index in [1.165, 1.54) is 0 Å². The van der Waals surface area contributed by atoms with Gasteiger partial charge in [0.1, 0.15) is 12.4 Å². The zero-order valence-electron chi connectivity index (χ0n) is 11.7. The van der Waals surface area contributed by atoms with Crippen LogP contribution >= 0.6 is 34.5 Å². The molecule has 0 saturated heterocycles. The number of nitrogens with one attached hydrogen (secondary N) is 1. The largest absolute Gasteiger partial charge is 0.487 e. The predicted octanol–water partition coefficient (Wildman–Crippen LogP) is 4.37. The molecule has 0 radical (unpaired) electrons. The summed E-state index contributed by atoms with van der Waals surface area (Å²) in [5.74, 6) is 0.678. The van der Waals surface area contributed by atoms with Crippen LogP contribution in [0.3, 0.4) is 0 Å². The molecule has 2 rings (SSSR count). The Morgan fingerprint density at radius 1 is 1.29 bits per heavy atom. The van der Waals surface area contributed by atoms with Gasteiger partial charge in [-0.05, 0) is 34.5 Å². The summed E-state index contributed by atoms with van der Waals surface area (Å²) in [7, 11) is 1.67. The molecule has 0 aliphatic heterocycles. The number of thiophene rings is 1. The van der Waals surface area contributed by atoms with Gasteiger partial charge in [0.25, 0.3) is 0 Å². The molecular formula is C15H17Cl2NO2S. The Bertz CT molecular complexity index is 561. The molecule has 0 amide bonds. The van der Waals surface area contributed by atoms with E-state index >= 15 is 0 Å². The zero-order chi connectivity index (χ0) is 15.1. The molecule has 0 aliphatic rings. The number of hydrogen-bond donors (Lipinski definition) is 1. The van der Waals surface area contributed by atoms with Gasteiger partial charge in [0, 0.05) is 30.8 Å². The van der Waals surface area contributed by atoms with Gasteiger partial charge in [-0.2, -0.15) is 11.3 Å². The maximum Gasteiger partial charge on any atom is 0.142 e. The Kier molecular flexibility index (Phi) is 6.80. The van der Waals surface area contributed by atoms with E-state index in [0.717, 1.165) is 17.7 Å². The van der Waals surface area contributed by atoms with Crippen molar-refractivity contribution in [3.05, 3.63) is 50.1 Å². The molecule has 1 aromatic heterocycles. The molecule has 0 atom stereocenters. The summed E-state index contributed by atoms with van der Waals surface area (Å²) in [4.78, 5) is 0. The molecule has 2 aromatic rings. The smallest absolute Gasteiger partial charge is 0.142 e. The molecule has 1 N–H and O–H groups in total. The predicted molar refractivity (Wildman–Crippen MR) is 88.7 cm³/mol. The van der Waals surface area contributed by atoms with Crippen molar-refractivity contribution in [2.75, 3.05) is 20.3 Å². The number of halogens is 2. The third-order valence-corrected chi connectivity index (χ3v) is 4.08. The second kappa shape index (κ2) is 8.61. The van der Waals surface area contributed by atoms with Gasteiger partial charge in [-0.1, -0.05) is 23.2 Å². The first-order chi connectivity index (χ1) is 10.2. The van der Waals surface area contributed by atoms with Crippen molar-refractivity contribution in [1.82, 2.24) is 5.32 Å². The highest BCUT2D eigenvalue weighted by Crippen LogP contribution is 2.33. The summed E-state index contributed by atoms with van der Waals surface area (Å²) < 4.78 is 10.9. The Labute approximate surface area is 138 Å². The van der Waals surface area contributed by atoms with E-state index in [9.17, 15) is 0 Å². The van der Waals surface area contributed by atoms with Gasteiger partial charge in [-0.3, -0.25) is 0 Å². The minimum absolute atomic E-state index is 0.496. The SMILES string of the molecule is COCCNCc1cc(Cl)cc(Cl)c1OCc1ccsc1. The standard InChI is InChI=1S/C15H17Cl2NO2S/c1-19-4-3-18-8-12-6-13(16)7-14(17)15(12)20-9-11-2-5-21-10-11/h2,5-7,10,18H,3-4,8-9H2,1H3. The van der Waals surface area contributed by atoms with Gasteiger partial charge in [0.05, 0.1) is 11.6 Å². The fraction of sp³-hybridized carbons (Fsp3) is 0.333. The van der Waals surface area contributed by atoms with Crippen LogP contribution in [0.1, 0.15) is 11.1 Å². The topological polar surface area (TPSA) is 30.5 Å². The van der Waals surface area contributed by atoms with Crippen molar-refractivity contribution < 1.29 is 9.47 Å². The van der Waals surface area contributed by atoms with Crippen molar-refractivity contribution in [2.45, 2.75) is 13.2 Å². The molecule has 0 spiro atoms. The summed E-state index contributed by atoms with van der Waals surface area (Å²) in [6, 6.07) is 5.60. The fourth-order valence-corrected chi connectivity index (χ4v) is 3.08. The van der Waals surface area contributed by atoms with E-state index in [4.69, 9.17) is 32.7 Å². The van der Waals surface area contributed by atoms with Gasteiger partial charge >= 0.3 is 0 Å². The van der Waals surface area contributed by atoms with E-state index in [0.29, 0.717) is 35.6 Å². The number of hydrogen-bond acceptors (Lipinski definition) is 4. The Balaban J connectivity index is 2.06. The summed E-state index contributed by atoms with van der Waals surface area (Å²) in [5, 5.41) is 8.48. The maximum absolute atomic E-state index is 6.26. The molecule has 0 bridgehead atoms. The van der Waals surface area contributed by atoms with Crippen LogP contribution < -0.4 is 10.1 Å². The van der Waals surface area contributed by atoms with Crippen molar-refractivity contribution in [1.29, 1.82) is 0 Å². The molecule has 3 nitrogen and oxygen atoms in total. The average molecular weight is 346 g/mol. The molecule has 1 aromatic carbocycles. The third-order valence-electron chi connectivity index (χ3n) is 2.85. The zero-order valence-corrected chi connectivity index (χ0v) is 14.0. The minimum Gasteiger partial charge on any atom is -0.487 e. The first-order valence-electron chi connectivity index (χ1n) is 6.52. The van der Waals surface area contributed by atoms with Gasteiger partial charge in [0.15, 0.2) is 0 Å². The van der Waals surface area contributed by atoms with Gasteiger partial charge in [0.2, 0.25) is 0 Å². The van der Waals surface area contributed by atoms with Crippen LogP contribution in [0.2, 0.25) is 10.0 Å². The number of benzene rings is 1. The van der Waals surface area contributed by atoms with Gasteiger partial charge < -0.3 is 14.8 Å². The molecule has 0 saturated carbocycles. The second-order valence-electron chi connectivity index (χ2n) is 4.47. The summed E-state index contributed by atoms with van der Waals surface area (Å²) >= 11 is 14.0. The average Bonchev–Trinajstić information content (AvgIpc) is 2.95. The molecule has 114 valence electrons. The highest BCUT2D eigenvalue weighted by Gasteiger charge is 2.11. The van der Waals surface area contributed by atoms with Gasteiger partial charge in [-0.25, -0.2) is 0 Å². The fourth-order valence-electron chi connectivity index (χ4n) is 1.83. The number of methoxy groups -OCH3 is 1. The van der Waals surface area contributed by atoms with Crippen molar-refractivity contribution in [3.63, 3.8) is 0 Å². The van der Waals surface area contributed by atoms with E-state index in [-0.39, 0.29) is 0 Å². The van der Waals surface area contributed by atoms with Crippen molar-refractivity contribution in [3.8, 4) is 5.75 Å². The van der Waals surface area contributed by atoms with Crippen LogP contribution in [0.25, 0.3) is 0 Å². The summed E-state index contributed by atoms with van der Waals surface area (Å²) in [6.07, 6.45) is 0. The van der Waals surface area contributed by atoms with Crippen LogP contribution in [0, 0.1) is 0 Å². The highest BCUT2D eigenvalue weighted by molar-refractivity contribution is 7.07. The van der Waals surface area contributed by atoms with E-state index in [1.807, 2.05) is 17.5 Å². The van der Waals surface area contributed by atoms with Crippen LogP contribution in [0.4, 0.5) is 0 Å². The Hall–Kier alpha value is -0.780. The molecule has 0 unspecified atom stereocenters. The quantitative estimate of drug-likeness (QED) is 0.720. The Morgan fingerprint density at radius 3 is 2.86 bits per heavy atom. The van der Waals surface area contributed by atoms with Crippen molar-refractivity contribution in [2.24, 2.45) is 0 Å². The number of ether oxygens (including phenoxy) is 2. The third kappa shape index (κ3) is 5.16. The lowest BCUT2D eigenvalue weighted by molar-refractivity contribution is 0.199. The molecular weight excluding hydrogens is 329 g/mol. The van der Waals surface area contributed by atoms with E-state index in [2.05, 4.69) is 10.7 Å². The van der Waals surface area contributed by atoms with E-state index in [1.54, 1.807) is 24.5 Å².